The molecule has 148 valence electrons. The van der Waals surface area contributed by atoms with E-state index in [1.54, 1.807) is 54.6 Å². The maximum absolute atomic E-state index is 12.6. The van der Waals surface area contributed by atoms with Gasteiger partial charge in [0.05, 0.1) is 6.10 Å². The fourth-order valence-corrected chi connectivity index (χ4v) is 3.01. The second kappa shape index (κ2) is 9.61. The molecule has 0 aliphatic carbocycles. The number of carbonyl (C=O) groups is 2. The number of carbonyl (C=O) groups excluding carboxylic acids is 1. The highest BCUT2D eigenvalue weighted by atomic mass is 17.0. The van der Waals surface area contributed by atoms with Crippen molar-refractivity contribution in [2.75, 3.05) is 0 Å². The molecule has 0 aliphatic rings. The van der Waals surface area contributed by atoms with E-state index in [4.69, 9.17) is 4.74 Å². The van der Waals surface area contributed by atoms with Crippen LogP contribution in [0.5, 0.6) is 0 Å². The Hall–Kier alpha value is -3.26. The highest BCUT2D eigenvalue weighted by Crippen LogP contribution is 2.27. The maximum Gasteiger partial charge on any atom is 0.313 e. The van der Waals surface area contributed by atoms with Gasteiger partial charge in [0.2, 0.25) is 6.29 Å². The van der Waals surface area contributed by atoms with Gasteiger partial charge < -0.3 is 9.84 Å². The van der Waals surface area contributed by atoms with Crippen LogP contribution in [0.2, 0.25) is 0 Å². The zero-order valence-corrected chi connectivity index (χ0v) is 15.5. The Bertz CT molecular complexity index is 837. The lowest BCUT2D eigenvalue weighted by Crippen LogP contribution is -2.32. The molecule has 3 unspecified atom stereocenters. The summed E-state index contributed by atoms with van der Waals surface area (Å²) in [6.07, 6.45) is -2.14. The number of rotatable bonds is 10. The molecule has 0 amide bonds. The number of ether oxygens (including phenoxy) is 1. The predicted molar refractivity (Wildman–Crippen MR) is 99.4 cm³/mol. The molecule has 0 spiro atoms. The topological polar surface area (TPSA) is 116 Å². The molecule has 0 aliphatic heterocycles. The van der Waals surface area contributed by atoms with E-state index in [2.05, 4.69) is 4.84 Å². The Morgan fingerprint density at radius 1 is 1.07 bits per heavy atom. The van der Waals surface area contributed by atoms with Gasteiger partial charge in [-0.3, -0.25) is 14.4 Å². The van der Waals surface area contributed by atoms with Gasteiger partial charge in [-0.2, -0.15) is 0 Å². The van der Waals surface area contributed by atoms with E-state index in [0.717, 1.165) is 0 Å². The van der Waals surface area contributed by atoms with Crippen molar-refractivity contribution in [1.82, 2.24) is 0 Å². The Balaban J connectivity index is 2.26. The molecular formula is C20H21NO7. The van der Waals surface area contributed by atoms with Crippen LogP contribution >= 0.6 is 0 Å². The summed E-state index contributed by atoms with van der Waals surface area (Å²) in [6, 6.07) is 15.4. The summed E-state index contributed by atoms with van der Waals surface area (Å²) < 4.78 is 5.35. The average Bonchev–Trinajstić information content (AvgIpc) is 2.63. The molecular weight excluding hydrogens is 366 g/mol. The normalized spacial score (nSPS) is 13.9. The Morgan fingerprint density at radius 2 is 1.68 bits per heavy atom. The Kier molecular flexibility index (Phi) is 7.22. The standard InChI is InChI=1S/C20H21NO7/c1-13(27-14(2)28-21(25)26)19(20(23)24)17-11-7-6-10-16(17)12-18(22)15-8-4-3-5-9-15/h3-11,13-14,19H,12H2,1-2H3,(H,23,24). The summed E-state index contributed by atoms with van der Waals surface area (Å²) in [4.78, 5) is 39.2. The van der Waals surface area contributed by atoms with Gasteiger partial charge in [0.1, 0.15) is 5.92 Å². The van der Waals surface area contributed by atoms with E-state index in [0.29, 0.717) is 16.7 Å². The van der Waals surface area contributed by atoms with Gasteiger partial charge in [-0.15, -0.1) is 10.1 Å². The van der Waals surface area contributed by atoms with Gasteiger partial charge in [-0.1, -0.05) is 54.6 Å². The van der Waals surface area contributed by atoms with Crippen molar-refractivity contribution in [3.05, 3.63) is 81.4 Å². The minimum absolute atomic E-state index is 0.0254. The fourth-order valence-electron chi connectivity index (χ4n) is 3.01. The van der Waals surface area contributed by atoms with Crippen LogP contribution < -0.4 is 0 Å². The van der Waals surface area contributed by atoms with E-state index in [-0.39, 0.29) is 12.2 Å². The number of hydrogen-bond donors (Lipinski definition) is 1. The lowest BCUT2D eigenvalue weighted by atomic mass is 9.87. The number of aliphatic carboxylic acids is 1. The monoisotopic (exact) mass is 387 g/mol. The first kappa shape index (κ1) is 21.0. The van der Waals surface area contributed by atoms with Crippen molar-refractivity contribution in [2.24, 2.45) is 0 Å². The number of hydrogen-bond acceptors (Lipinski definition) is 6. The van der Waals surface area contributed by atoms with Gasteiger partial charge >= 0.3 is 5.97 Å². The number of benzene rings is 2. The molecule has 0 heterocycles. The zero-order valence-electron chi connectivity index (χ0n) is 15.5. The quantitative estimate of drug-likeness (QED) is 0.288. The summed E-state index contributed by atoms with van der Waals surface area (Å²) in [5.41, 5.74) is 1.50. The van der Waals surface area contributed by atoms with Gasteiger partial charge in [-0.25, -0.2) is 0 Å². The molecule has 2 aromatic rings. The summed E-state index contributed by atoms with van der Waals surface area (Å²) in [5.74, 6) is -2.44. The summed E-state index contributed by atoms with van der Waals surface area (Å²) >= 11 is 0. The first-order chi connectivity index (χ1) is 13.3. The van der Waals surface area contributed by atoms with Gasteiger partial charge in [-0.05, 0) is 25.0 Å². The van der Waals surface area contributed by atoms with Crippen LogP contribution in [0.4, 0.5) is 0 Å². The van der Waals surface area contributed by atoms with Crippen LogP contribution in [0.15, 0.2) is 54.6 Å². The maximum atomic E-state index is 12.6. The SMILES string of the molecule is CC(OC(C)C(C(=O)O)c1ccccc1CC(=O)c1ccccc1)O[N+](=O)[O-]. The van der Waals surface area contributed by atoms with Crippen molar-refractivity contribution in [3.8, 4) is 0 Å². The van der Waals surface area contributed by atoms with Crippen LogP contribution in [0.1, 0.15) is 41.3 Å². The Morgan fingerprint density at radius 3 is 2.29 bits per heavy atom. The van der Waals surface area contributed by atoms with Crippen LogP contribution in [0, 0.1) is 10.1 Å². The molecule has 0 saturated carbocycles. The summed E-state index contributed by atoms with van der Waals surface area (Å²) in [6.45, 7) is 2.80. The minimum Gasteiger partial charge on any atom is -0.481 e. The van der Waals surface area contributed by atoms with E-state index < -0.39 is 29.4 Å². The summed E-state index contributed by atoms with van der Waals surface area (Å²) in [5, 5.41) is 19.2. The zero-order chi connectivity index (χ0) is 20.7. The molecule has 28 heavy (non-hydrogen) atoms. The second-order valence-corrected chi connectivity index (χ2v) is 6.22. The van der Waals surface area contributed by atoms with Crippen molar-refractivity contribution >= 4 is 11.8 Å². The third-order valence-electron chi connectivity index (χ3n) is 4.21. The van der Waals surface area contributed by atoms with Crippen molar-refractivity contribution < 1.29 is 29.4 Å². The number of nitrogens with zero attached hydrogens (tertiary/aromatic N) is 1. The van der Waals surface area contributed by atoms with Crippen LogP contribution in [0.3, 0.4) is 0 Å². The van der Waals surface area contributed by atoms with E-state index >= 15 is 0 Å². The van der Waals surface area contributed by atoms with Gasteiger partial charge in [0.15, 0.2) is 5.78 Å². The lowest BCUT2D eigenvalue weighted by Gasteiger charge is -2.25. The van der Waals surface area contributed by atoms with E-state index in [9.17, 15) is 24.8 Å². The first-order valence-corrected chi connectivity index (χ1v) is 8.65. The fraction of sp³-hybridized carbons (Fsp3) is 0.300. The third-order valence-corrected chi connectivity index (χ3v) is 4.21. The highest BCUT2D eigenvalue weighted by Gasteiger charge is 2.31. The molecule has 0 bridgehead atoms. The van der Waals surface area contributed by atoms with Crippen molar-refractivity contribution in [1.29, 1.82) is 0 Å². The molecule has 1 N–H and O–H groups in total. The first-order valence-electron chi connectivity index (χ1n) is 8.65. The Labute approximate surface area is 161 Å². The molecule has 3 atom stereocenters. The molecule has 0 fully saturated rings. The second-order valence-electron chi connectivity index (χ2n) is 6.22. The van der Waals surface area contributed by atoms with Crippen LogP contribution in [0.25, 0.3) is 0 Å². The van der Waals surface area contributed by atoms with Crippen LogP contribution in [-0.4, -0.2) is 34.3 Å². The number of carboxylic acids is 1. The number of ketones is 1. The van der Waals surface area contributed by atoms with Crippen molar-refractivity contribution in [3.63, 3.8) is 0 Å². The lowest BCUT2D eigenvalue weighted by molar-refractivity contribution is -0.780. The molecule has 2 rings (SSSR count). The van der Waals surface area contributed by atoms with E-state index in [1.165, 1.54) is 13.8 Å². The molecule has 8 heteroatoms. The molecule has 0 saturated heterocycles. The average molecular weight is 387 g/mol. The smallest absolute Gasteiger partial charge is 0.313 e. The largest absolute Gasteiger partial charge is 0.481 e. The number of Topliss-reactive ketones (excluding diaryl/α,β-unsaturated/α-hetero) is 1. The molecule has 0 radical (unpaired) electrons. The highest BCUT2D eigenvalue weighted by molar-refractivity contribution is 5.97. The number of carboxylic acid groups (broad SMARTS) is 1. The summed E-state index contributed by atoms with van der Waals surface area (Å²) in [7, 11) is 0. The van der Waals surface area contributed by atoms with Crippen molar-refractivity contribution in [2.45, 2.75) is 38.6 Å². The molecule has 0 aromatic heterocycles. The van der Waals surface area contributed by atoms with Gasteiger partial charge in [0.25, 0.3) is 5.09 Å². The van der Waals surface area contributed by atoms with E-state index in [1.807, 2.05) is 0 Å². The molecule has 2 aromatic carbocycles. The van der Waals surface area contributed by atoms with Gasteiger partial charge in [0, 0.05) is 12.0 Å². The van der Waals surface area contributed by atoms with Crippen LogP contribution in [-0.2, 0) is 20.8 Å². The predicted octanol–water partition coefficient (Wildman–Crippen LogP) is 3.24. The molecule has 8 nitrogen and oxygen atoms in total. The minimum atomic E-state index is -1.23. The third kappa shape index (κ3) is 5.62.